The molecule has 3 heterocycles. The highest BCUT2D eigenvalue weighted by Gasteiger charge is 2.28. The molecule has 190 valence electrons. The second kappa shape index (κ2) is 9.87. The first-order chi connectivity index (χ1) is 17.2. The molecule has 1 aromatic carbocycles. The summed E-state index contributed by atoms with van der Waals surface area (Å²) in [4.78, 5) is 31.0. The van der Waals surface area contributed by atoms with Crippen LogP contribution in [0, 0.1) is 5.82 Å². The van der Waals surface area contributed by atoms with Crippen molar-refractivity contribution < 1.29 is 13.9 Å². The summed E-state index contributed by atoms with van der Waals surface area (Å²) in [6.07, 6.45) is 4.37. The second-order valence-electron chi connectivity index (χ2n) is 10.5. The van der Waals surface area contributed by atoms with Gasteiger partial charge in [0.15, 0.2) is 5.82 Å². The van der Waals surface area contributed by atoms with Crippen molar-refractivity contribution in [3.05, 3.63) is 42.2 Å². The van der Waals surface area contributed by atoms with Gasteiger partial charge in [0.25, 0.3) is 0 Å². The fraction of sp³-hybridized carbons (Fsp3) is 0.481. The van der Waals surface area contributed by atoms with Gasteiger partial charge in [0.1, 0.15) is 16.9 Å². The van der Waals surface area contributed by atoms with Gasteiger partial charge in [0.2, 0.25) is 5.95 Å². The molecule has 1 N–H and O–H groups in total. The average Bonchev–Trinajstić information content (AvgIpc) is 3.36. The van der Waals surface area contributed by atoms with Gasteiger partial charge in [-0.25, -0.2) is 19.2 Å². The van der Waals surface area contributed by atoms with Crippen molar-refractivity contribution in [2.45, 2.75) is 58.1 Å². The zero-order chi connectivity index (χ0) is 25.3. The SMILES string of the molecule is CC(C)(C)OC(=O)N1CCN(c2nc(NC3CCCC3)nc3ccc(-c4ccc(F)cc4)nc23)CC1. The maximum atomic E-state index is 13.5. The lowest BCUT2D eigenvalue weighted by Gasteiger charge is -2.36. The molecule has 5 rings (SSSR count). The first-order valence-electron chi connectivity index (χ1n) is 12.7. The van der Waals surface area contributed by atoms with Gasteiger partial charge in [-0.2, -0.15) is 4.98 Å². The smallest absolute Gasteiger partial charge is 0.410 e. The lowest BCUT2D eigenvalue weighted by Crippen LogP contribution is -2.50. The third-order valence-electron chi connectivity index (χ3n) is 6.58. The van der Waals surface area contributed by atoms with Gasteiger partial charge < -0.3 is 19.9 Å². The molecule has 9 heteroatoms. The Morgan fingerprint density at radius 2 is 1.67 bits per heavy atom. The summed E-state index contributed by atoms with van der Waals surface area (Å²) in [6.45, 7) is 7.90. The van der Waals surface area contributed by atoms with Crippen LogP contribution in [0.5, 0.6) is 0 Å². The molecule has 0 atom stereocenters. The molecule has 0 radical (unpaired) electrons. The van der Waals surface area contributed by atoms with E-state index in [0.29, 0.717) is 43.7 Å². The number of nitrogens with zero attached hydrogens (tertiary/aromatic N) is 5. The number of hydrogen-bond acceptors (Lipinski definition) is 7. The van der Waals surface area contributed by atoms with Crippen LogP contribution in [0.2, 0.25) is 0 Å². The number of ether oxygens (including phenoxy) is 1. The number of pyridine rings is 1. The van der Waals surface area contributed by atoms with Crippen LogP contribution >= 0.6 is 0 Å². The monoisotopic (exact) mass is 492 g/mol. The Bertz CT molecular complexity index is 1230. The van der Waals surface area contributed by atoms with Crippen LogP contribution in [-0.2, 0) is 4.74 Å². The zero-order valence-corrected chi connectivity index (χ0v) is 21.1. The molecule has 8 nitrogen and oxygen atoms in total. The molecule has 2 aliphatic rings. The summed E-state index contributed by atoms with van der Waals surface area (Å²) in [5.74, 6) is 1.07. The van der Waals surface area contributed by atoms with E-state index in [1.54, 1.807) is 17.0 Å². The van der Waals surface area contributed by atoms with Gasteiger partial charge in [0, 0.05) is 37.8 Å². The van der Waals surface area contributed by atoms with E-state index in [0.717, 1.165) is 35.4 Å². The number of fused-ring (bicyclic) bond motifs is 1. The Kier molecular flexibility index (Phi) is 6.64. The molecule has 1 saturated heterocycles. The van der Waals surface area contributed by atoms with E-state index in [-0.39, 0.29) is 11.9 Å². The quantitative estimate of drug-likeness (QED) is 0.533. The Morgan fingerprint density at radius 1 is 0.972 bits per heavy atom. The summed E-state index contributed by atoms with van der Waals surface area (Å²) in [6, 6.07) is 10.5. The number of piperazine rings is 1. The minimum Gasteiger partial charge on any atom is -0.444 e. The van der Waals surface area contributed by atoms with Crippen molar-refractivity contribution in [2.24, 2.45) is 0 Å². The van der Waals surface area contributed by atoms with Gasteiger partial charge in [-0.3, -0.25) is 0 Å². The highest BCUT2D eigenvalue weighted by Crippen LogP contribution is 2.30. The normalized spacial score (nSPS) is 17.0. The lowest BCUT2D eigenvalue weighted by molar-refractivity contribution is 0.0240. The van der Waals surface area contributed by atoms with Gasteiger partial charge in [-0.05, 0) is 70.0 Å². The Balaban J connectivity index is 1.45. The fourth-order valence-corrected chi connectivity index (χ4v) is 4.75. The molecule has 0 bridgehead atoms. The topological polar surface area (TPSA) is 83.5 Å². The number of carbonyl (C=O) groups excluding carboxylic acids is 1. The molecule has 3 aromatic rings. The number of carbonyl (C=O) groups is 1. The molecule has 1 aliphatic heterocycles. The second-order valence-corrected chi connectivity index (χ2v) is 10.5. The number of halogens is 1. The first kappa shape index (κ1) is 24.2. The van der Waals surface area contributed by atoms with Crippen LogP contribution < -0.4 is 10.2 Å². The highest BCUT2D eigenvalue weighted by molar-refractivity contribution is 5.89. The number of aromatic nitrogens is 3. The summed E-state index contributed by atoms with van der Waals surface area (Å²) < 4.78 is 19.0. The van der Waals surface area contributed by atoms with Crippen LogP contribution in [-0.4, -0.2) is 63.8 Å². The van der Waals surface area contributed by atoms with E-state index >= 15 is 0 Å². The van der Waals surface area contributed by atoms with Gasteiger partial charge in [-0.1, -0.05) is 12.8 Å². The number of rotatable bonds is 4. The van der Waals surface area contributed by atoms with Crippen molar-refractivity contribution >= 4 is 28.9 Å². The van der Waals surface area contributed by atoms with Gasteiger partial charge >= 0.3 is 6.09 Å². The van der Waals surface area contributed by atoms with E-state index in [2.05, 4.69) is 10.2 Å². The first-order valence-corrected chi connectivity index (χ1v) is 12.7. The van der Waals surface area contributed by atoms with Crippen molar-refractivity contribution in [1.29, 1.82) is 0 Å². The van der Waals surface area contributed by atoms with E-state index in [4.69, 9.17) is 19.7 Å². The molecular weight excluding hydrogens is 459 g/mol. The summed E-state index contributed by atoms with van der Waals surface area (Å²) >= 11 is 0. The molecule has 36 heavy (non-hydrogen) atoms. The predicted molar refractivity (Wildman–Crippen MR) is 139 cm³/mol. The van der Waals surface area contributed by atoms with Crippen molar-refractivity contribution in [3.63, 3.8) is 0 Å². The Morgan fingerprint density at radius 3 is 2.33 bits per heavy atom. The minimum atomic E-state index is -0.529. The molecule has 0 unspecified atom stereocenters. The number of amides is 1. The molecule has 1 aliphatic carbocycles. The molecule has 2 fully saturated rings. The van der Waals surface area contributed by atoms with Crippen LogP contribution in [0.3, 0.4) is 0 Å². The summed E-state index contributed by atoms with van der Waals surface area (Å²) in [7, 11) is 0. The van der Waals surface area contributed by atoms with Crippen molar-refractivity contribution in [1.82, 2.24) is 19.9 Å². The zero-order valence-electron chi connectivity index (χ0n) is 21.1. The number of anilines is 2. The molecule has 2 aromatic heterocycles. The van der Waals surface area contributed by atoms with Crippen molar-refractivity contribution in [2.75, 3.05) is 36.4 Å². The third kappa shape index (κ3) is 5.50. The summed E-state index contributed by atoms with van der Waals surface area (Å²) in [5, 5.41) is 3.51. The molecular formula is C27H33FN6O2. The maximum Gasteiger partial charge on any atom is 0.410 e. The largest absolute Gasteiger partial charge is 0.444 e. The number of nitrogens with one attached hydrogen (secondary N) is 1. The van der Waals surface area contributed by atoms with E-state index in [1.807, 2.05) is 32.9 Å². The van der Waals surface area contributed by atoms with Crippen LogP contribution in [0.15, 0.2) is 36.4 Å². The Labute approximate surface area is 210 Å². The van der Waals surface area contributed by atoms with Crippen LogP contribution in [0.1, 0.15) is 46.5 Å². The van der Waals surface area contributed by atoms with Gasteiger partial charge in [0.05, 0.1) is 11.2 Å². The average molecular weight is 493 g/mol. The molecule has 1 amide bonds. The van der Waals surface area contributed by atoms with E-state index in [1.165, 1.54) is 25.0 Å². The minimum absolute atomic E-state index is 0.283. The maximum absolute atomic E-state index is 13.5. The van der Waals surface area contributed by atoms with Crippen molar-refractivity contribution in [3.8, 4) is 11.3 Å². The van der Waals surface area contributed by atoms with Gasteiger partial charge in [-0.15, -0.1) is 0 Å². The Hall–Kier alpha value is -3.49. The molecule has 1 saturated carbocycles. The van der Waals surface area contributed by atoms with Crippen LogP contribution in [0.4, 0.5) is 21.0 Å². The summed E-state index contributed by atoms with van der Waals surface area (Å²) in [5.41, 5.74) is 2.47. The van der Waals surface area contributed by atoms with E-state index < -0.39 is 5.60 Å². The third-order valence-corrected chi connectivity index (χ3v) is 6.58. The fourth-order valence-electron chi connectivity index (χ4n) is 4.75. The number of hydrogen-bond donors (Lipinski definition) is 1. The highest BCUT2D eigenvalue weighted by atomic mass is 19.1. The van der Waals surface area contributed by atoms with Crippen LogP contribution in [0.25, 0.3) is 22.3 Å². The predicted octanol–water partition coefficient (Wildman–Crippen LogP) is 5.24. The van der Waals surface area contributed by atoms with E-state index in [9.17, 15) is 9.18 Å². The standard InChI is InChI=1S/C27H33FN6O2/c1-27(2,3)36-26(35)34-16-14-33(15-17-34)24-23-22(31-25(32-24)29-20-6-4-5-7-20)13-12-21(30-23)18-8-10-19(28)11-9-18/h8-13,20H,4-7,14-17H2,1-3H3,(H,29,31,32). The lowest BCUT2D eigenvalue weighted by atomic mass is 10.1. The molecule has 0 spiro atoms. The number of benzene rings is 1.